The van der Waals surface area contributed by atoms with E-state index < -0.39 is 12.5 Å². The van der Waals surface area contributed by atoms with E-state index in [1.54, 1.807) is 0 Å². The summed E-state index contributed by atoms with van der Waals surface area (Å²) in [6.07, 6.45) is 0. The van der Waals surface area contributed by atoms with E-state index in [9.17, 15) is 18.7 Å². The zero-order chi connectivity index (χ0) is 17.0. The first-order valence-electron chi connectivity index (χ1n) is 6.33. The molecule has 8 heteroatoms. The number of nitrogens with one attached hydrogen (secondary N) is 1. The van der Waals surface area contributed by atoms with Crippen LogP contribution < -0.4 is 14.8 Å². The number of carbonyl (C=O) groups is 1. The SMILES string of the molecule is COc1ccc(NC(=O)c2ccc(O)c(Cl)c2)cc1OC(F)F. The number of anilines is 1. The minimum atomic E-state index is -3.02. The lowest BCUT2D eigenvalue weighted by Gasteiger charge is -2.12. The van der Waals surface area contributed by atoms with Gasteiger partial charge in [-0.15, -0.1) is 0 Å². The van der Waals surface area contributed by atoms with Gasteiger partial charge in [-0.25, -0.2) is 0 Å². The molecule has 1 amide bonds. The van der Waals surface area contributed by atoms with Crippen molar-refractivity contribution in [2.45, 2.75) is 6.61 Å². The highest BCUT2D eigenvalue weighted by molar-refractivity contribution is 6.32. The van der Waals surface area contributed by atoms with Crippen LogP contribution >= 0.6 is 11.6 Å². The molecule has 0 spiro atoms. The minimum absolute atomic E-state index is 0.0223. The third kappa shape index (κ3) is 4.23. The van der Waals surface area contributed by atoms with Crippen LogP contribution in [0.4, 0.5) is 14.5 Å². The molecule has 0 aliphatic carbocycles. The molecule has 0 aromatic heterocycles. The molecule has 5 nitrogen and oxygen atoms in total. The predicted molar refractivity (Wildman–Crippen MR) is 80.7 cm³/mol. The Kier molecular flexibility index (Phi) is 5.23. The van der Waals surface area contributed by atoms with Crippen LogP contribution in [0.3, 0.4) is 0 Å². The van der Waals surface area contributed by atoms with E-state index >= 15 is 0 Å². The molecule has 2 N–H and O–H groups in total. The summed E-state index contributed by atoms with van der Waals surface area (Å²) in [5.41, 5.74) is 0.426. The van der Waals surface area contributed by atoms with Crippen molar-refractivity contribution in [1.29, 1.82) is 0 Å². The Bertz CT molecular complexity index is 725. The monoisotopic (exact) mass is 343 g/mol. The fourth-order valence-electron chi connectivity index (χ4n) is 1.79. The van der Waals surface area contributed by atoms with E-state index in [1.165, 1.54) is 43.5 Å². The number of phenols is 1. The van der Waals surface area contributed by atoms with Gasteiger partial charge in [0.2, 0.25) is 0 Å². The van der Waals surface area contributed by atoms with Gasteiger partial charge in [0.05, 0.1) is 12.1 Å². The Morgan fingerprint density at radius 3 is 2.57 bits per heavy atom. The summed E-state index contributed by atoms with van der Waals surface area (Å²) >= 11 is 5.73. The van der Waals surface area contributed by atoms with Gasteiger partial charge in [0.15, 0.2) is 11.5 Å². The van der Waals surface area contributed by atoms with Gasteiger partial charge in [-0.3, -0.25) is 4.79 Å². The molecule has 0 atom stereocenters. The van der Waals surface area contributed by atoms with Crippen molar-refractivity contribution in [2.75, 3.05) is 12.4 Å². The van der Waals surface area contributed by atoms with E-state index in [4.69, 9.17) is 16.3 Å². The Morgan fingerprint density at radius 1 is 1.22 bits per heavy atom. The second-order valence-corrected chi connectivity index (χ2v) is 4.77. The number of hydrogen-bond acceptors (Lipinski definition) is 4. The highest BCUT2D eigenvalue weighted by Gasteiger charge is 2.14. The van der Waals surface area contributed by atoms with Crippen molar-refractivity contribution >= 4 is 23.2 Å². The van der Waals surface area contributed by atoms with Crippen LogP contribution in [0.25, 0.3) is 0 Å². The molecule has 0 bridgehead atoms. The van der Waals surface area contributed by atoms with Crippen LogP contribution in [0.15, 0.2) is 36.4 Å². The van der Waals surface area contributed by atoms with E-state index in [0.717, 1.165) is 0 Å². The number of amides is 1. The highest BCUT2D eigenvalue weighted by atomic mass is 35.5. The first-order chi connectivity index (χ1) is 10.9. The molecular formula is C15H12ClF2NO4. The number of methoxy groups -OCH3 is 1. The van der Waals surface area contributed by atoms with Crippen LogP contribution in [0, 0.1) is 0 Å². The van der Waals surface area contributed by atoms with Gasteiger partial charge in [0.25, 0.3) is 5.91 Å². The minimum Gasteiger partial charge on any atom is -0.506 e. The number of halogens is 3. The molecule has 0 heterocycles. The average molecular weight is 344 g/mol. The first kappa shape index (κ1) is 16.8. The maximum absolute atomic E-state index is 12.4. The highest BCUT2D eigenvalue weighted by Crippen LogP contribution is 2.32. The molecule has 0 fully saturated rings. The van der Waals surface area contributed by atoms with E-state index in [1.807, 2.05) is 0 Å². The molecule has 0 saturated carbocycles. The fourth-order valence-corrected chi connectivity index (χ4v) is 1.97. The van der Waals surface area contributed by atoms with E-state index in [-0.39, 0.29) is 33.5 Å². The Balaban J connectivity index is 2.21. The summed E-state index contributed by atoms with van der Waals surface area (Å²) < 4.78 is 34.0. The smallest absolute Gasteiger partial charge is 0.387 e. The van der Waals surface area contributed by atoms with Crippen LogP contribution in [-0.4, -0.2) is 24.7 Å². The summed E-state index contributed by atoms with van der Waals surface area (Å²) in [4.78, 5) is 12.1. The summed E-state index contributed by atoms with van der Waals surface area (Å²) in [5.74, 6) is -0.777. The molecule has 0 aliphatic heterocycles. The van der Waals surface area contributed by atoms with Crippen molar-refractivity contribution in [3.63, 3.8) is 0 Å². The van der Waals surface area contributed by atoms with Gasteiger partial charge in [-0.05, 0) is 30.3 Å². The number of rotatable bonds is 5. The lowest BCUT2D eigenvalue weighted by Crippen LogP contribution is -2.12. The molecule has 0 radical (unpaired) electrons. The van der Waals surface area contributed by atoms with Crippen molar-refractivity contribution in [3.8, 4) is 17.2 Å². The molecular weight excluding hydrogens is 332 g/mol. The lowest BCUT2D eigenvalue weighted by atomic mass is 10.2. The average Bonchev–Trinajstić information content (AvgIpc) is 2.49. The van der Waals surface area contributed by atoms with E-state index in [2.05, 4.69) is 10.1 Å². The topological polar surface area (TPSA) is 67.8 Å². The van der Waals surface area contributed by atoms with Gasteiger partial charge in [-0.1, -0.05) is 11.6 Å². The second kappa shape index (κ2) is 7.15. The van der Waals surface area contributed by atoms with Crippen LogP contribution in [0.5, 0.6) is 17.2 Å². The molecule has 0 aliphatic rings. The number of phenolic OH excluding ortho intramolecular Hbond substituents is 1. The largest absolute Gasteiger partial charge is 0.506 e. The first-order valence-corrected chi connectivity index (χ1v) is 6.71. The molecule has 0 saturated heterocycles. The predicted octanol–water partition coefficient (Wildman–Crippen LogP) is 3.91. The number of carbonyl (C=O) groups excluding carboxylic acids is 1. The van der Waals surface area contributed by atoms with Gasteiger partial charge >= 0.3 is 6.61 Å². The van der Waals surface area contributed by atoms with Crippen LogP contribution in [0.2, 0.25) is 5.02 Å². The number of hydrogen-bond donors (Lipinski definition) is 2. The van der Waals surface area contributed by atoms with Crippen molar-refractivity contribution < 1.29 is 28.2 Å². The van der Waals surface area contributed by atoms with Crippen LogP contribution in [0.1, 0.15) is 10.4 Å². The standard InChI is InChI=1S/C15H12ClF2NO4/c1-22-12-5-3-9(7-13(12)23-15(17)18)19-14(21)8-2-4-11(20)10(16)6-8/h2-7,15,20H,1H3,(H,19,21). The van der Waals surface area contributed by atoms with Gasteiger partial charge < -0.3 is 19.9 Å². The lowest BCUT2D eigenvalue weighted by molar-refractivity contribution is -0.0511. The summed E-state index contributed by atoms with van der Waals surface area (Å²) in [6.45, 7) is -3.02. The second-order valence-electron chi connectivity index (χ2n) is 4.36. The molecule has 2 aromatic carbocycles. The maximum Gasteiger partial charge on any atom is 0.387 e. The zero-order valence-corrected chi connectivity index (χ0v) is 12.6. The Morgan fingerprint density at radius 2 is 1.96 bits per heavy atom. The van der Waals surface area contributed by atoms with Gasteiger partial charge in [0.1, 0.15) is 5.75 Å². The fraction of sp³-hybridized carbons (Fsp3) is 0.133. The molecule has 23 heavy (non-hydrogen) atoms. The van der Waals surface area contributed by atoms with E-state index in [0.29, 0.717) is 0 Å². The molecule has 2 aromatic rings. The number of ether oxygens (including phenoxy) is 2. The van der Waals surface area contributed by atoms with Crippen molar-refractivity contribution in [2.24, 2.45) is 0 Å². The quantitative estimate of drug-likeness (QED) is 0.863. The Hall–Kier alpha value is -2.54. The van der Waals surface area contributed by atoms with Crippen LogP contribution in [-0.2, 0) is 0 Å². The zero-order valence-electron chi connectivity index (χ0n) is 11.8. The summed E-state index contributed by atoms with van der Waals surface area (Å²) in [5, 5.41) is 11.9. The third-order valence-electron chi connectivity index (χ3n) is 2.85. The van der Waals surface area contributed by atoms with Crippen molar-refractivity contribution in [1.82, 2.24) is 0 Å². The number of benzene rings is 2. The normalized spacial score (nSPS) is 10.5. The third-order valence-corrected chi connectivity index (χ3v) is 3.15. The summed E-state index contributed by atoms with van der Waals surface area (Å²) in [7, 11) is 1.31. The molecule has 122 valence electrons. The van der Waals surface area contributed by atoms with Gasteiger partial charge in [-0.2, -0.15) is 8.78 Å². The molecule has 2 rings (SSSR count). The maximum atomic E-state index is 12.4. The Labute approximate surface area is 135 Å². The van der Waals surface area contributed by atoms with Crippen molar-refractivity contribution in [3.05, 3.63) is 47.0 Å². The molecule has 0 unspecified atom stereocenters. The number of aromatic hydroxyl groups is 1. The summed E-state index contributed by atoms with van der Waals surface area (Å²) in [6, 6.07) is 8.00. The van der Waals surface area contributed by atoms with Gasteiger partial charge in [0, 0.05) is 17.3 Å². The number of alkyl halides is 2.